The average Bonchev–Trinajstić information content (AvgIpc) is 2.49. The Morgan fingerprint density at radius 3 is 2.35 bits per heavy atom. The topological polar surface area (TPSA) is 72.8 Å². The molecule has 0 heterocycles. The fourth-order valence-corrected chi connectivity index (χ4v) is 1.24. The van der Waals surface area contributed by atoms with Gasteiger partial charge in [0.1, 0.15) is 19.3 Å². The number of rotatable bonds is 7. The Hall–Kier alpha value is -2.40. The molecule has 0 spiro atoms. The molecule has 106 valence electrons. The highest BCUT2D eigenvalue weighted by Crippen LogP contribution is 2.01. The minimum atomic E-state index is -1.06. The molecule has 1 rings (SSSR count). The van der Waals surface area contributed by atoms with Crippen LogP contribution in [0.5, 0.6) is 0 Å². The number of aliphatic hydroxyl groups is 1. The molecule has 0 aliphatic carbocycles. The van der Waals surface area contributed by atoms with E-state index in [4.69, 9.17) is 4.74 Å². The molecule has 0 radical (unpaired) electrons. The molecular formula is C15H16O5. The van der Waals surface area contributed by atoms with Crippen molar-refractivity contribution in [2.24, 2.45) is 0 Å². The minimum Gasteiger partial charge on any atom is -0.460 e. The van der Waals surface area contributed by atoms with Gasteiger partial charge in [-0.25, -0.2) is 9.59 Å². The fraction of sp³-hybridized carbons (Fsp3) is 0.200. The van der Waals surface area contributed by atoms with E-state index in [-0.39, 0.29) is 13.2 Å². The maximum atomic E-state index is 11.4. The molecule has 1 unspecified atom stereocenters. The van der Waals surface area contributed by atoms with Crippen molar-refractivity contribution in [3.63, 3.8) is 0 Å². The minimum absolute atomic E-state index is 0.248. The Kier molecular flexibility index (Phi) is 6.78. The second-order valence-electron chi connectivity index (χ2n) is 3.86. The van der Waals surface area contributed by atoms with E-state index in [1.807, 2.05) is 30.3 Å². The first-order chi connectivity index (χ1) is 9.61. The smallest absolute Gasteiger partial charge is 0.330 e. The molecule has 0 aliphatic heterocycles. The van der Waals surface area contributed by atoms with E-state index < -0.39 is 18.0 Å². The van der Waals surface area contributed by atoms with Crippen molar-refractivity contribution in [1.82, 2.24) is 0 Å². The summed E-state index contributed by atoms with van der Waals surface area (Å²) in [4.78, 5) is 22.1. The first-order valence-corrected chi connectivity index (χ1v) is 5.99. The second-order valence-corrected chi connectivity index (χ2v) is 3.86. The summed E-state index contributed by atoms with van der Waals surface area (Å²) in [6.45, 7) is 2.72. The van der Waals surface area contributed by atoms with Gasteiger partial charge >= 0.3 is 11.9 Å². The molecule has 0 aliphatic rings. The van der Waals surface area contributed by atoms with Crippen LogP contribution in [0.25, 0.3) is 6.08 Å². The van der Waals surface area contributed by atoms with Crippen LogP contribution in [0.1, 0.15) is 5.56 Å². The summed E-state index contributed by atoms with van der Waals surface area (Å²) in [5.41, 5.74) is 0.866. The van der Waals surface area contributed by atoms with Crippen molar-refractivity contribution in [3.05, 3.63) is 54.6 Å². The van der Waals surface area contributed by atoms with Crippen LogP contribution in [0.15, 0.2) is 49.1 Å². The first-order valence-electron chi connectivity index (χ1n) is 5.99. The molecule has 1 aromatic carbocycles. The lowest BCUT2D eigenvalue weighted by molar-refractivity contribution is -0.146. The van der Waals surface area contributed by atoms with Gasteiger partial charge < -0.3 is 14.6 Å². The van der Waals surface area contributed by atoms with Gasteiger partial charge in [-0.05, 0) is 11.6 Å². The molecule has 0 aromatic heterocycles. The molecule has 1 atom stereocenters. The summed E-state index contributed by atoms with van der Waals surface area (Å²) in [6, 6.07) is 9.25. The van der Waals surface area contributed by atoms with Crippen LogP contribution in [-0.2, 0) is 19.1 Å². The highest BCUT2D eigenvalue weighted by Gasteiger charge is 2.09. The van der Waals surface area contributed by atoms with Gasteiger partial charge in [-0.2, -0.15) is 0 Å². The Balaban J connectivity index is 2.27. The molecule has 1 aromatic rings. The van der Waals surface area contributed by atoms with Gasteiger partial charge in [-0.15, -0.1) is 0 Å². The number of carbonyl (C=O) groups excluding carboxylic acids is 2. The fourth-order valence-electron chi connectivity index (χ4n) is 1.24. The number of aliphatic hydroxyl groups excluding tert-OH is 1. The van der Waals surface area contributed by atoms with Crippen LogP contribution < -0.4 is 0 Å². The van der Waals surface area contributed by atoms with E-state index in [1.54, 1.807) is 6.08 Å². The van der Waals surface area contributed by atoms with E-state index >= 15 is 0 Å². The Morgan fingerprint density at radius 2 is 1.75 bits per heavy atom. The third-order valence-corrected chi connectivity index (χ3v) is 2.21. The monoisotopic (exact) mass is 276 g/mol. The van der Waals surface area contributed by atoms with E-state index in [9.17, 15) is 14.7 Å². The van der Waals surface area contributed by atoms with Crippen LogP contribution in [0, 0.1) is 0 Å². The zero-order chi connectivity index (χ0) is 14.8. The molecular weight excluding hydrogens is 260 g/mol. The lowest BCUT2D eigenvalue weighted by Gasteiger charge is -2.09. The van der Waals surface area contributed by atoms with Crippen molar-refractivity contribution < 1.29 is 24.2 Å². The Morgan fingerprint density at radius 1 is 1.15 bits per heavy atom. The van der Waals surface area contributed by atoms with Crippen molar-refractivity contribution in [3.8, 4) is 0 Å². The standard InChI is InChI=1S/C15H16O5/c1-2-14(17)19-10-13(16)11-20-15(18)9-8-12-6-4-3-5-7-12/h2-9,13,16H,1,10-11H2/b9-8+. The van der Waals surface area contributed by atoms with Gasteiger partial charge in [0, 0.05) is 12.2 Å². The highest BCUT2D eigenvalue weighted by atomic mass is 16.6. The highest BCUT2D eigenvalue weighted by molar-refractivity contribution is 5.87. The van der Waals surface area contributed by atoms with Crippen molar-refractivity contribution >= 4 is 18.0 Å². The summed E-state index contributed by atoms with van der Waals surface area (Å²) in [7, 11) is 0. The van der Waals surface area contributed by atoms with E-state index in [1.165, 1.54) is 6.08 Å². The molecule has 20 heavy (non-hydrogen) atoms. The molecule has 0 amide bonds. The van der Waals surface area contributed by atoms with Gasteiger partial charge in [0.15, 0.2) is 0 Å². The number of hydrogen-bond acceptors (Lipinski definition) is 5. The van der Waals surface area contributed by atoms with Crippen LogP contribution in [0.2, 0.25) is 0 Å². The molecule has 0 saturated carbocycles. The molecule has 0 bridgehead atoms. The quantitative estimate of drug-likeness (QED) is 0.601. The lowest BCUT2D eigenvalue weighted by Crippen LogP contribution is -2.24. The normalized spacial score (nSPS) is 11.8. The number of carbonyl (C=O) groups is 2. The summed E-state index contributed by atoms with van der Waals surface area (Å²) >= 11 is 0. The maximum Gasteiger partial charge on any atom is 0.330 e. The summed E-state index contributed by atoms with van der Waals surface area (Å²) in [5, 5.41) is 9.41. The largest absolute Gasteiger partial charge is 0.460 e. The van der Waals surface area contributed by atoms with Gasteiger partial charge in [0.25, 0.3) is 0 Å². The first kappa shape index (κ1) is 15.7. The molecule has 0 fully saturated rings. The van der Waals surface area contributed by atoms with Crippen molar-refractivity contribution in [2.75, 3.05) is 13.2 Å². The third-order valence-electron chi connectivity index (χ3n) is 2.21. The van der Waals surface area contributed by atoms with E-state index in [0.717, 1.165) is 11.6 Å². The summed E-state index contributed by atoms with van der Waals surface area (Å²) in [6.07, 6.45) is 2.79. The SMILES string of the molecule is C=CC(=O)OCC(O)COC(=O)/C=C/c1ccccc1. The number of benzene rings is 1. The number of esters is 2. The average molecular weight is 276 g/mol. The zero-order valence-electron chi connectivity index (χ0n) is 10.9. The van der Waals surface area contributed by atoms with Crippen molar-refractivity contribution in [2.45, 2.75) is 6.10 Å². The molecule has 0 saturated heterocycles. The summed E-state index contributed by atoms with van der Waals surface area (Å²) in [5.74, 6) is -1.22. The van der Waals surface area contributed by atoms with Gasteiger partial charge in [0.2, 0.25) is 0 Å². The van der Waals surface area contributed by atoms with Gasteiger partial charge in [-0.3, -0.25) is 0 Å². The lowest BCUT2D eigenvalue weighted by atomic mass is 10.2. The zero-order valence-corrected chi connectivity index (χ0v) is 10.9. The van der Waals surface area contributed by atoms with Crippen molar-refractivity contribution in [1.29, 1.82) is 0 Å². The Bertz CT molecular complexity index is 478. The van der Waals surface area contributed by atoms with Crippen LogP contribution >= 0.6 is 0 Å². The summed E-state index contributed by atoms with van der Waals surface area (Å²) < 4.78 is 9.40. The second kappa shape index (κ2) is 8.66. The van der Waals surface area contributed by atoms with Gasteiger partial charge in [0.05, 0.1) is 0 Å². The predicted molar refractivity (Wildman–Crippen MR) is 73.6 cm³/mol. The molecule has 1 N–H and O–H groups in total. The van der Waals surface area contributed by atoms with Crippen LogP contribution in [0.4, 0.5) is 0 Å². The third kappa shape index (κ3) is 6.51. The van der Waals surface area contributed by atoms with Crippen LogP contribution in [-0.4, -0.2) is 36.4 Å². The van der Waals surface area contributed by atoms with E-state index in [0.29, 0.717) is 0 Å². The molecule has 5 nitrogen and oxygen atoms in total. The maximum absolute atomic E-state index is 11.4. The number of hydrogen-bond donors (Lipinski definition) is 1. The number of ether oxygens (including phenoxy) is 2. The molecule has 5 heteroatoms. The Labute approximate surface area is 117 Å². The van der Waals surface area contributed by atoms with Gasteiger partial charge in [-0.1, -0.05) is 36.9 Å². The van der Waals surface area contributed by atoms with E-state index in [2.05, 4.69) is 11.3 Å². The predicted octanol–water partition coefficient (Wildman–Crippen LogP) is 1.33. The van der Waals surface area contributed by atoms with Crippen LogP contribution in [0.3, 0.4) is 0 Å².